The van der Waals surface area contributed by atoms with E-state index >= 15 is 0 Å². The minimum Gasteiger partial charge on any atom is -0.382 e. The lowest BCUT2D eigenvalue weighted by Crippen LogP contribution is -2.23. The van der Waals surface area contributed by atoms with Crippen molar-refractivity contribution in [2.45, 2.75) is 6.92 Å². The quantitative estimate of drug-likeness (QED) is 0.654. The summed E-state index contributed by atoms with van der Waals surface area (Å²) >= 11 is 1.22. The highest BCUT2D eigenvalue weighted by Crippen LogP contribution is 2.23. The van der Waals surface area contributed by atoms with Crippen LogP contribution in [0.4, 0.5) is 10.9 Å². The molecule has 0 saturated carbocycles. The Bertz CT molecular complexity index is 415. The Balaban J connectivity index is 2.71. The van der Waals surface area contributed by atoms with E-state index in [0.29, 0.717) is 16.6 Å². The Hall–Kier alpha value is -1.74. The number of thiazole rings is 1. The molecule has 1 aromatic rings. The van der Waals surface area contributed by atoms with Crippen molar-refractivity contribution in [3.63, 3.8) is 0 Å². The van der Waals surface area contributed by atoms with Crippen LogP contribution in [0.3, 0.4) is 0 Å². The molecule has 0 radical (unpaired) electrons. The Morgan fingerprint density at radius 1 is 1.67 bits per heavy atom. The number of rotatable bonds is 3. The fraction of sp³-hybridized carbons (Fsp3) is 0.333. The van der Waals surface area contributed by atoms with Gasteiger partial charge in [0, 0.05) is 7.05 Å². The van der Waals surface area contributed by atoms with Crippen molar-refractivity contribution in [3.05, 3.63) is 4.88 Å². The highest BCUT2D eigenvalue weighted by Gasteiger charge is 2.14. The largest absolute Gasteiger partial charge is 0.382 e. The van der Waals surface area contributed by atoms with Crippen LogP contribution in [0.1, 0.15) is 16.6 Å². The van der Waals surface area contributed by atoms with E-state index in [1.54, 1.807) is 14.0 Å². The van der Waals surface area contributed by atoms with E-state index in [1.165, 1.54) is 11.3 Å². The first-order chi connectivity index (χ1) is 7.19. The van der Waals surface area contributed by atoms with Crippen molar-refractivity contribution in [3.8, 4) is 11.8 Å². The molecule has 4 N–H and O–H groups in total. The average molecular weight is 224 g/mol. The smallest absolute Gasteiger partial charge is 0.266 e. The summed E-state index contributed by atoms with van der Waals surface area (Å²) in [4.78, 5) is 15.9. The average Bonchev–Trinajstić information content (AvgIpc) is 2.60. The maximum atomic E-state index is 11.6. The number of amides is 1. The van der Waals surface area contributed by atoms with Gasteiger partial charge in [0.15, 0.2) is 5.13 Å². The summed E-state index contributed by atoms with van der Waals surface area (Å²) in [6.07, 6.45) is 0. The molecule has 0 saturated heterocycles. The predicted molar refractivity (Wildman–Crippen MR) is 61.9 cm³/mol. The second-order valence-electron chi connectivity index (χ2n) is 2.59. The van der Waals surface area contributed by atoms with Crippen molar-refractivity contribution in [1.82, 2.24) is 10.3 Å². The summed E-state index contributed by atoms with van der Waals surface area (Å²) in [7, 11) is 1.72. The number of anilines is 2. The molecule has 15 heavy (non-hydrogen) atoms. The molecule has 5 nitrogen and oxygen atoms in total. The van der Waals surface area contributed by atoms with E-state index in [0.717, 1.165) is 0 Å². The second kappa shape index (κ2) is 5.22. The number of hydrogen-bond donors (Lipinski definition) is 3. The summed E-state index contributed by atoms with van der Waals surface area (Å²) in [5, 5.41) is 6.08. The Morgan fingerprint density at radius 2 is 2.40 bits per heavy atom. The molecule has 0 aliphatic carbocycles. The summed E-state index contributed by atoms with van der Waals surface area (Å²) in [5.74, 6) is 5.42. The Kier molecular flexibility index (Phi) is 3.94. The first kappa shape index (κ1) is 11.3. The third kappa shape index (κ3) is 2.86. The Morgan fingerprint density at radius 3 is 2.93 bits per heavy atom. The molecule has 0 aromatic carbocycles. The van der Waals surface area contributed by atoms with Crippen LogP contribution in [0.15, 0.2) is 0 Å². The molecule has 1 amide bonds. The summed E-state index contributed by atoms with van der Waals surface area (Å²) in [6.45, 7) is 2.04. The molecule has 0 fully saturated rings. The minimum absolute atomic E-state index is 0.241. The van der Waals surface area contributed by atoms with Gasteiger partial charge >= 0.3 is 0 Å². The van der Waals surface area contributed by atoms with Crippen molar-refractivity contribution in [2.24, 2.45) is 0 Å². The van der Waals surface area contributed by atoms with Crippen molar-refractivity contribution in [1.29, 1.82) is 0 Å². The Labute approximate surface area is 92.1 Å². The van der Waals surface area contributed by atoms with E-state index in [4.69, 9.17) is 5.73 Å². The summed E-state index contributed by atoms with van der Waals surface area (Å²) in [6, 6.07) is 0. The van der Waals surface area contributed by atoms with Gasteiger partial charge in [-0.3, -0.25) is 4.79 Å². The number of nitrogens with one attached hydrogen (secondary N) is 2. The van der Waals surface area contributed by atoms with Gasteiger partial charge in [-0.25, -0.2) is 4.98 Å². The van der Waals surface area contributed by atoms with Crippen molar-refractivity contribution >= 4 is 28.2 Å². The summed E-state index contributed by atoms with van der Waals surface area (Å²) < 4.78 is 0. The van der Waals surface area contributed by atoms with E-state index in [2.05, 4.69) is 27.5 Å². The normalized spacial score (nSPS) is 8.93. The molecule has 0 aliphatic heterocycles. The maximum absolute atomic E-state index is 11.6. The lowest BCUT2D eigenvalue weighted by atomic mass is 10.4. The number of aromatic nitrogens is 1. The third-order valence-electron chi connectivity index (χ3n) is 1.59. The van der Waals surface area contributed by atoms with E-state index in [-0.39, 0.29) is 11.7 Å². The zero-order chi connectivity index (χ0) is 11.3. The van der Waals surface area contributed by atoms with Gasteiger partial charge in [0.1, 0.15) is 10.7 Å². The van der Waals surface area contributed by atoms with Crippen LogP contribution in [0.25, 0.3) is 0 Å². The van der Waals surface area contributed by atoms with Crippen LogP contribution >= 0.6 is 11.3 Å². The predicted octanol–water partition coefficient (Wildman–Crippen LogP) is 0.520. The van der Waals surface area contributed by atoms with Gasteiger partial charge in [0.05, 0.1) is 6.54 Å². The molecule has 1 heterocycles. The van der Waals surface area contributed by atoms with E-state index < -0.39 is 0 Å². The topological polar surface area (TPSA) is 80.0 Å². The minimum atomic E-state index is -0.241. The molecule has 6 heteroatoms. The fourth-order valence-corrected chi connectivity index (χ4v) is 1.65. The number of nitrogen functional groups attached to an aromatic ring is 1. The van der Waals surface area contributed by atoms with E-state index in [1.807, 2.05) is 0 Å². The lowest BCUT2D eigenvalue weighted by molar-refractivity contribution is 0.0963. The highest BCUT2D eigenvalue weighted by molar-refractivity contribution is 7.18. The van der Waals surface area contributed by atoms with Gasteiger partial charge in [-0.05, 0) is 6.92 Å². The monoisotopic (exact) mass is 224 g/mol. The first-order valence-electron chi connectivity index (χ1n) is 4.31. The third-order valence-corrected chi connectivity index (χ3v) is 2.67. The number of carbonyl (C=O) groups excluding carboxylic acids is 1. The molecule has 0 aliphatic rings. The van der Waals surface area contributed by atoms with Crippen LogP contribution in [0.5, 0.6) is 0 Å². The molecule has 1 rings (SSSR count). The van der Waals surface area contributed by atoms with Crippen molar-refractivity contribution in [2.75, 3.05) is 24.6 Å². The van der Waals surface area contributed by atoms with Gasteiger partial charge in [-0.15, -0.1) is 5.92 Å². The van der Waals surface area contributed by atoms with Crippen LogP contribution in [-0.4, -0.2) is 24.5 Å². The van der Waals surface area contributed by atoms with Crippen LogP contribution in [0, 0.1) is 11.8 Å². The number of nitrogens with two attached hydrogens (primary N) is 1. The van der Waals surface area contributed by atoms with E-state index in [9.17, 15) is 4.79 Å². The molecule has 0 bridgehead atoms. The highest BCUT2D eigenvalue weighted by atomic mass is 32.1. The molecule has 0 atom stereocenters. The lowest BCUT2D eigenvalue weighted by Gasteiger charge is -1.97. The molecule has 0 spiro atoms. The van der Waals surface area contributed by atoms with Crippen molar-refractivity contribution < 1.29 is 4.79 Å². The van der Waals surface area contributed by atoms with Gasteiger partial charge < -0.3 is 16.4 Å². The molecule has 0 unspecified atom stereocenters. The number of nitrogens with zero attached hydrogens (tertiary/aromatic N) is 1. The zero-order valence-electron chi connectivity index (χ0n) is 8.55. The molecular formula is C9H12N4OS. The van der Waals surface area contributed by atoms with Gasteiger partial charge in [0.25, 0.3) is 5.91 Å². The summed E-state index contributed by atoms with van der Waals surface area (Å²) in [5.41, 5.74) is 5.58. The van der Waals surface area contributed by atoms with Crippen LogP contribution in [0.2, 0.25) is 0 Å². The fourth-order valence-electron chi connectivity index (χ4n) is 0.895. The van der Waals surface area contributed by atoms with Crippen LogP contribution in [-0.2, 0) is 0 Å². The molecular weight excluding hydrogens is 212 g/mol. The van der Waals surface area contributed by atoms with Gasteiger partial charge in [-0.2, -0.15) is 0 Å². The second-order valence-corrected chi connectivity index (χ2v) is 3.59. The number of carbonyl (C=O) groups is 1. The maximum Gasteiger partial charge on any atom is 0.266 e. The SMILES string of the molecule is CC#CCNC(=O)c1sc(NC)nc1N. The van der Waals surface area contributed by atoms with Crippen LogP contribution < -0.4 is 16.4 Å². The standard InChI is InChI=1S/C9H12N4OS/c1-3-4-5-12-8(14)6-7(10)13-9(11-2)15-6/h5,10H2,1-2H3,(H,11,13)(H,12,14). The first-order valence-corrected chi connectivity index (χ1v) is 5.12. The van der Waals surface area contributed by atoms with Gasteiger partial charge in [0.2, 0.25) is 0 Å². The molecule has 1 aromatic heterocycles. The molecule has 80 valence electrons. The zero-order valence-corrected chi connectivity index (χ0v) is 9.36. The number of hydrogen-bond acceptors (Lipinski definition) is 5. The van der Waals surface area contributed by atoms with Gasteiger partial charge in [-0.1, -0.05) is 17.3 Å².